The van der Waals surface area contributed by atoms with Crippen LogP contribution in [0.1, 0.15) is 18.5 Å². The number of anilines is 1. The lowest BCUT2D eigenvalue weighted by Crippen LogP contribution is -2.09. The third-order valence-corrected chi connectivity index (χ3v) is 3.68. The molecule has 0 fully saturated rings. The number of halogens is 2. The third-order valence-electron chi connectivity index (χ3n) is 2.94. The fourth-order valence-electron chi connectivity index (χ4n) is 1.83. The van der Waals surface area contributed by atoms with Crippen LogP contribution in [-0.2, 0) is 0 Å². The first kappa shape index (κ1) is 13.9. The van der Waals surface area contributed by atoms with Crippen LogP contribution in [0.25, 0.3) is 0 Å². The first-order valence-corrected chi connectivity index (χ1v) is 7.19. The molecule has 2 rings (SSSR count). The van der Waals surface area contributed by atoms with Gasteiger partial charge in [-0.2, -0.15) is 0 Å². The van der Waals surface area contributed by atoms with Gasteiger partial charge < -0.3 is 5.32 Å². The maximum atomic E-state index is 13.5. The van der Waals surface area contributed by atoms with Crippen LogP contribution in [0.3, 0.4) is 0 Å². The van der Waals surface area contributed by atoms with Crippen molar-refractivity contribution >= 4 is 17.4 Å². The summed E-state index contributed by atoms with van der Waals surface area (Å²) < 4.78 is 27.1. The Balaban J connectivity index is 2.18. The van der Waals surface area contributed by atoms with Gasteiger partial charge in [0.1, 0.15) is 17.3 Å². The highest BCUT2D eigenvalue weighted by molar-refractivity contribution is 7.98. The van der Waals surface area contributed by atoms with Crippen LogP contribution in [0.15, 0.2) is 47.4 Å². The quantitative estimate of drug-likeness (QED) is 0.802. The van der Waals surface area contributed by atoms with Crippen molar-refractivity contribution in [3.8, 4) is 0 Å². The maximum absolute atomic E-state index is 13.5. The van der Waals surface area contributed by atoms with E-state index in [-0.39, 0.29) is 11.7 Å². The number of benzene rings is 2. The van der Waals surface area contributed by atoms with Crippen molar-refractivity contribution in [2.45, 2.75) is 17.9 Å². The van der Waals surface area contributed by atoms with Crippen molar-refractivity contribution in [3.05, 3.63) is 59.7 Å². The van der Waals surface area contributed by atoms with Crippen molar-refractivity contribution < 1.29 is 8.78 Å². The molecule has 0 bridgehead atoms. The van der Waals surface area contributed by atoms with Crippen molar-refractivity contribution in [1.82, 2.24) is 0 Å². The van der Waals surface area contributed by atoms with E-state index in [4.69, 9.17) is 0 Å². The van der Waals surface area contributed by atoms with E-state index in [1.807, 2.05) is 37.4 Å². The molecule has 2 aromatic carbocycles. The van der Waals surface area contributed by atoms with Crippen LogP contribution in [-0.4, -0.2) is 6.26 Å². The van der Waals surface area contributed by atoms with E-state index in [0.717, 1.165) is 10.5 Å². The van der Waals surface area contributed by atoms with Crippen LogP contribution in [0.2, 0.25) is 0 Å². The number of hydrogen-bond donors (Lipinski definition) is 1. The lowest BCUT2D eigenvalue weighted by Gasteiger charge is -2.17. The molecule has 1 nitrogen and oxygen atoms in total. The van der Waals surface area contributed by atoms with E-state index >= 15 is 0 Å². The molecule has 0 amide bonds. The predicted octanol–water partition coefficient (Wildman–Crippen LogP) is 4.86. The van der Waals surface area contributed by atoms with E-state index in [0.29, 0.717) is 0 Å². The smallest absolute Gasteiger partial charge is 0.149 e. The Hall–Kier alpha value is -1.55. The summed E-state index contributed by atoms with van der Waals surface area (Å²) in [4.78, 5) is 1.16. The van der Waals surface area contributed by atoms with Crippen LogP contribution >= 0.6 is 11.8 Å². The number of nitrogens with one attached hydrogen (secondary N) is 1. The summed E-state index contributed by atoms with van der Waals surface area (Å²) in [7, 11) is 0. The minimum absolute atomic E-state index is 0.0797. The van der Waals surface area contributed by atoms with E-state index in [1.165, 1.54) is 18.2 Å². The van der Waals surface area contributed by atoms with E-state index < -0.39 is 11.6 Å². The molecule has 0 heterocycles. The standard InChI is InChI=1S/C15H15F2NS/c1-10(11-6-8-12(19-2)9-7-11)18-15-13(16)4-3-5-14(15)17/h3-10,18H,1-2H3. The van der Waals surface area contributed by atoms with Crippen LogP contribution in [0.5, 0.6) is 0 Å². The molecule has 4 heteroatoms. The molecule has 0 aliphatic heterocycles. The number of thioether (sulfide) groups is 1. The Morgan fingerprint density at radius 2 is 1.58 bits per heavy atom. The summed E-state index contributed by atoms with van der Waals surface area (Å²) in [5.41, 5.74) is 0.907. The number of para-hydroxylation sites is 1. The van der Waals surface area contributed by atoms with Crippen molar-refractivity contribution in [1.29, 1.82) is 0 Å². The second-order valence-corrected chi connectivity index (χ2v) is 5.12. The van der Waals surface area contributed by atoms with Gasteiger partial charge in [-0.15, -0.1) is 11.8 Å². The molecular weight excluding hydrogens is 264 g/mol. The molecule has 0 aromatic heterocycles. The molecule has 0 saturated heterocycles. The molecule has 0 spiro atoms. The van der Waals surface area contributed by atoms with Crippen molar-refractivity contribution in [2.24, 2.45) is 0 Å². The average Bonchev–Trinajstić information content (AvgIpc) is 2.43. The monoisotopic (exact) mass is 279 g/mol. The van der Waals surface area contributed by atoms with Gasteiger partial charge in [-0.3, -0.25) is 0 Å². The zero-order valence-corrected chi connectivity index (χ0v) is 11.6. The van der Waals surface area contributed by atoms with Gasteiger partial charge in [0.25, 0.3) is 0 Å². The lowest BCUT2D eigenvalue weighted by atomic mass is 10.1. The van der Waals surface area contributed by atoms with Crippen molar-refractivity contribution in [3.63, 3.8) is 0 Å². The molecule has 0 aliphatic carbocycles. The second-order valence-electron chi connectivity index (χ2n) is 4.24. The molecule has 2 aromatic rings. The highest BCUT2D eigenvalue weighted by atomic mass is 32.2. The fraction of sp³-hybridized carbons (Fsp3) is 0.200. The van der Waals surface area contributed by atoms with E-state index in [1.54, 1.807) is 11.8 Å². The second kappa shape index (κ2) is 6.06. The maximum Gasteiger partial charge on any atom is 0.149 e. The Bertz CT molecular complexity index is 534. The first-order valence-electron chi connectivity index (χ1n) is 5.96. The molecule has 100 valence electrons. The number of rotatable bonds is 4. The third kappa shape index (κ3) is 3.26. The van der Waals surface area contributed by atoms with Crippen molar-refractivity contribution in [2.75, 3.05) is 11.6 Å². The van der Waals surface area contributed by atoms with Gasteiger partial charge in [-0.1, -0.05) is 18.2 Å². The van der Waals surface area contributed by atoms with Crippen LogP contribution in [0.4, 0.5) is 14.5 Å². The molecule has 0 radical (unpaired) electrons. The highest BCUT2D eigenvalue weighted by Gasteiger charge is 2.12. The van der Waals surface area contributed by atoms with E-state index in [9.17, 15) is 8.78 Å². The Morgan fingerprint density at radius 1 is 1.00 bits per heavy atom. The normalized spacial score (nSPS) is 12.2. The van der Waals surface area contributed by atoms with Gasteiger partial charge in [0.2, 0.25) is 0 Å². The van der Waals surface area contributed by atoms with Gasteiger partial charge in [-0.25, -0.2) is 8.78 Å². The Morgan fingerprint density at radius 3 is 2.11 bits per heavy atom. The summed E-state index contributed by atoms with van der Waals surface area (Å²) in [6, 6.07) is 11.6. The zero-order valence-electron chi connectivity index (χ0n) is 10.8. The summed E-state index contributed by atoms with van der Waals surface area (Å²) >= 11 is 1.66. The van der Waals surface area contributed by atoms with Gasteiger partial charge in [0.05, 0.1) is 0 Å². The first-order chi connectivity index (χ1) is 9.11. The largest absolute Gasteiger partial charge is 0.374 e. The van der Waals surface area contributed by atoms with Gasteiger partial charge in [0.15, 0.2) is 0 Å². The molecule has 1 atom stereocenters. The minimum atomic E-state index is -0.576. The summed E-state index contributed by atoms with van der Waals surface area (Å²) in [5.74, 6) is -1.15. The predicted molar refractivity (Wildman–Crippen MR) is 76.6 cm³/mol. The molecule has 0 aliphatic rings. The Labute approximate surface area is 116 Å². The van der Waals surface area contributed by atoms with Gasteiger partial charge >= 0.3 is 0 Å². The summed E-state index contributed by atoms with van der Waals surface area (Å²) in [6.45, 7) is 1.87. The van der Waals surface area contributed by atoms with E-state index in [2.05, 4.69) is 5.32 Å². The lowest BCUT2D eigenvalue weighted by molar-refractivity contribution is 0.584. The Kier molecular flexibility index (Phi) is 4.43. The van der Waals surface area contributed by atoms with Crippen LogP contribution < -0.4 is 5.32 Å². The minimum Gasteiger partial charge on any atom is -0.374 e. The SMILES string of the molecule is CSc1ccc(C(C)Nc2c(F)cccc2F)cc1. The number of hydrogen-bond acceptors (Lipinski definition) is 2. The molecule has 1 unspecified atom stereocenters. The van der Waals surface area contributed by atoms with Gasteiger partial charge in [0, 0.05) is 10.9 Å². The average molecular weight is 279 g/mol. The molecule has 1 N–H and O–H groups in total. The highest BCUT2D eigenvalue weighted by Crippen LogP contribution is 2.25. The topological polar surface area (TPSA) is 12.0 Å². The fourth-order valence-corrected chi connectivity index (χ4v) is 2.24. The van der Waals surface area contributed by atoms with Gasteiger partial charge in [-0.05, 0) is 43.0 Å². The zero-order chi connectivity index (χ0) is 13.8. The molecule has 19 heavy (non-hydrogen) atoms. The molecule has 0 saturated carbocycles. The summed E-state index contributed by atoms with van der Waals surface area (Å²) in [5, 5.41) is 2.88. The molecular formula is C15H15F2NS. The van der Waals surface area contributed by atoms with Crippen LogP contribution in [0, 0.1) is 11.6 Å². The summed E-state index contributed by atoms with van der Waals surface area (Å²) in [6.07, 6.45) is 2.01.